The number of carbonyl (C=O) groups excluding carboxylic acids is 2. The van der Waals surface area contributed by atoms with Gasteiger partial charge < -0.3 is 20.4 Å². The van der Waals surface area contributed by atoms with E-state index in [0.717, 1.165) is 38.0 Å². The molecule has 1 unspecified atom stereocenters. The van der Waals surface area contributed by atoms with Crippen molar-refractivity contribution in [2.45, 2.75) is 32.2 Å². The molecule has 1 aliphatic heterocycles. The van der Waals surface area contributed by atoms with Crippen molar-refractivity contribution in [3.63, 3.8) is 0 Å². The van der Waals surface area contributed by atoms with Crippen LogP contribution >= 0.6 is 11.3 Å². The number of carbonyl (C=O) groups is 2. The van der Waals surface area contributed by atoms with E-state index in [1.54, 1.807) is 23.2 Å². The second-order valence-corrected chi connectivity index (χ2v) is 8.30. The second kappa shape index (κ2) is 8.18. The van der Waals surface area contributed by atoms with Crippen molar-refractivity contribution in [2.24, 2.45) is 0 Å². The fourth-order valence-electron chi connectivity index (χ4n) is 3.61. The highest BCUT2D eigenvalue weighted by molar-refractivity contribution is 7.15. The molecule has 1 fully saturated rings. The lowest BCUT2D eigenvalue weighted by molar-refractivity contribution is -0.117. The van der Waals surface area contributed by atoms with Crippen LogP contribution in [-0.4, -0.2) is 54.0 Å². The maximum atomic E-state index is 12.5. The number of piperazine rings is 1. The van der Waals surface area contributed by atoms with Crippen molar-refractivity contribution in [3.8, 4) is 0 Å². The minimum absolute atomic E-state index is 0.197. The summed E-state index contributed by atoms with van der Waals surface area (Å²) in [5, 5.41) is 6.27. The summed E-state index contributed by atoms with van der Waals surface area (Å²) in [7, 11) is 0. The summed E-state index contributed by atoms with van der Waals surface area (Å²) in [5.74, 6) is -0.233. The molecule has 0 saturated carbocycles. The van der Waals surface area contributed by atoms with E-state index in [9.17, 15) is 9.59 Å². The van der Waals surface area contributed by atoms with Gasteiger partial charge in [-0.05, 0) is 38.3 Å². The van der Waals surface area contributed by atoms with Gasteiger partial charge in [0.05, 0.1) is 5.69 Å². The average Bonchev–Trinajstić information content (AvgIpc) is 3.30. The van der Waals surface area contributed by atoms with Gasteiger partial charge in [-0.2, -0.15) is 0 Å². The van der Waals surface area contributed by atoms with Gasteiger partial charge in [0.15, 0.2) is 5.13 Å². The van der Waals surface area contributed by atoms with Crippen LogP contribution in [0.25, 0.3) is 0 Å². The number of hydrogen-bond acceptors (Lipinski definition) is 5. The fraction of sp³-hybridized carbons (Fsp3) is 0.450. The number of benzene rings is 1. The predicted molar refractivity (Wildman–Crippen MR) is 111 cm³/mol. The third-order valence-corrected chi connectivity index (χ3v) is 6.32. The summed E-state index contributed by atoms with van der Waals surface area (Å²) < 4.78 is 0. The molecule has 148 valence electrons. The number of hydrogen-bond donors (Lipinski definition) is 2. The molecule has 1 atom stereocenters. The summed E-state index contributed by atoms with van der Waals surface area (Å²) in [6.07, 6.45) is 3.18. The first-order valence-electron chi connectivity index (χ1n) is 9.75. The Morgan fingerprint density at radius 3 is 2.57 bits per heavy atom. The third-order valence-electron chi connectivity index (χ3n) is 5.25. The molecule has 1 aromatic carbocycles. The number of aromatic nitrogens is 1. The standard InChI is InChI=1S/C20H25N5O2S/c1-14(18(26)23-19-22-16-8-5-9-17(16)28-19)21-20(27)25-12-10-24(11-13-25)15-6-3-2-4-7-15/h2-4,6-7,14H,5,8-13H2,1H3,(H,21,27)(H,22,23,26). The smallest absolute Gasteiger partial charge is 0.318 e. The van der Waals surface area contributed by atoms with Gasteiger partial charge in [0, 0.05) is 36.7 Å². The molecule has 4 rings (SSSR count). The molecule has 2 heterocycles. The lowest BCUT2D eigenvalue weighted by Gasteiger charge is -2.36. The molecule has 2 N–H and O–H groups in total. The van der Waals surface area contributed by atoms with Gasteiger partial charge in [-0.25, -0.2) is 9.78 Å². The van der Waals surface area contributed by atoms with Crippen LogP contribution in [-0.2, 0) is 17.6 Å². The third kappa shape index (κ3) is 4.11. The first-order valence-corrected chi connectivity index (χ1v) is 10.6. The molecule has 2 aliphatic rings. The summed E-state index contributed by atoms with van der Waals surface area (Å²) in [5.41, 5.74) is 2.28. The van der Waals surface area contributed by atoms with Crippen LogP contribution in [0, 0.1) is 0 Å². The van der Waals surface area contributed by atoms with E-state index in [1.165, 1.54) is 10.6 Å². The lowest BCUT2D eigenvalue weighted by Crippen LogP contribution is -2.54. The number of aryl methyl sites for hydroxylation is 2. The van der Waals surface area contributed by atoms with E-state index in [-0.39, 0.29) is 11.9 Å². The zero-order valence-electron chi connectivity index (χ0n) is 16.0. The largest absolute Gasteiger partial charge is 0.368 e. The highest BCUT2D eigenvalue weighted by atomic mass is 32.1. The van der Waals surface area contributed by atoms with Gasteiger partial charge in [-0.3, -0.25) is 4.79 Å². The number of urea groups is 1. The van der Waals surface area contributed by atoms with Crippen LogP contribution in [0.2, 0.25) is 0 Å². The normalized spacial score (nSPS) is 17.2. The number of thiazole rings is 1. The molecule has 0 bridgehead atoms. The molecule has 3 amide bonds. The van der Waals surface area contributed by atoms with Crippen LogP contribution < -0.4 is 15.5 Å². The Morgan fingerprint density at radius 1 is 1.11 bits per heavy atom. The Kier molecular flexibility index (Phi) is 5.47. The van der Waals surface area contributed by atoms with Crippen molar-refractivity contribution in [2.75, 3.05) is 36.4 Å². The SMILES string of the molecule is CC(NC(=O)N1CCN(c2ccccc2)CC1)C(=O)Nc1nc2c(s1)CCC2. The van der Waals surface area contributed by atoms with E-state index in [2.05, 4.69) is 32.7 Å². The van der Waals surface area contributed by atoms with Crippen molar-refractivity contribution in [3.05, 3.63) is 40.9 Å². The van der Waals surface area contributed by atoms with E-state index in [0.29, 0.717) is 18.2 Å². The predicted octanol–water partition coefficient (Wildman–Crippen LogP) is 2.49. The Bertz CT molecular complexity index is 824. The van der Waals surface area contributed by atoms with Gasteiger partial charge in [0.2, 0.25) is 5.91 Å². The van der Waals surface area contributed by atoms with E-state index in [4.69, 9.17) is 0 Å². The number of amides is 3. The van der Waals surface area contributed by atoms with Crippen LogP contribution in [0.3, 0.4) is 0 Å². The Balaban J connectivity index is 1.25. The number of fused-ring (bicyclic) bond motifs is 1. The summed E-state index contributed by atoms with van der Waals surface area (Å²) >= 11 is 1.54. The Hall–Kier alpha value is -2.61. The maximum Gasteiger partial charge on any atom is 0.318 e. The summed E-state index contributed by atoms with van der Waals surface area (Å²) in [4.78, 5) is 34.7. The van der Waals surface area contributed by atoms with Gasteiger partial charge in [0.1, 0.15) is 6.04 Å². The van der Waals surface area contributed by atoms with E-state index >= 15 is 0 Å². The van der Waals surface area contributed by atoms with Crippen LogP contribution in [0.1, 0.15) is 23.9 Å². The van der Waals surface area contributed by atoms with E-state index < -0.39 is 6.04 Å². The van der Waals surface area contributed by atoms with E-state index in [1.807, 2.05) is 18.2 Å². The number of nitrogens with one attached hydrogen (secondary N) is 2. The molecular weight excluding hydrogens is 374 g/mol. The molecule has 8 heteroatoms. The molecule has 0 radical (unpaired) electrons. The minimum atomic E-state index is -0.613. The molecule has 28 heavy (non-hydrogen) atoms. The van der Waals surface area contributed by atoms with Crippen molar-refractivity contribution in [1.29, 1.82) is 0 Å². The van der Waals surface area contributed by atoms with Crippen LogP contribution in [0.5, 0.6) is 0 Å². The zero-order valence-corrected chi connectivity index (χ0v) is 16.8. The lowest BCUT2D eigenvalue weighted by atomic mass is 10.2. The van der Waals surface area contributed by atoms with Crippen molar-refractivity contribution < 1.29 is 9.59 Å². The van der Waals surface area contributed by atoms with Gasteiger partial charge in [-0.1, -0.05) is 18.2 Å². The fourth-order valence-corrected chi connectivity index (χ4v) is 4.66. The molecule has 2 aromatic rings. The number of anilines is 2. The molecule has 1 aliphatic carbocycles. The topological polar surface area (TPSA) is 77.6 Å². The van der Waals surface area contributed by atoms with Gasteiger partial charge >= 0.3 is 6.03 Å². The summed E-state index contributed by atoms with van der Waals surface area (Å²) in [6.45, 7) is 4.53. The second-order valence-electron chi connectivity index (χ2n) is 7.21. The Labute approximate surface area is 168 Å². The molecule has 7 nitrogen and oxygen atoms in total. The highest BCUT2D eigenvalue weighted by Crippen LogP contribution is 2.30. The number of para-hydroxylation sites is 1. The number of nitrogens with zero attached hydrogens (tertiary/aromatic N) is 3. The van der Waals surface area contributed by atoms with Crippen LogP contribution in [0.4, 0.5) is 15.6 Å². The molecule has 1 aromatic heterocycles. The number of rotatable bonds is 4. The average molecular weight is 400 g/mol. The first-order chi connectivity index (χ1) is 13.6. The quantitative estimate of drug-likeness (QED) is 0.828. The van der Waals surface area contributed by atoms with Gasteiger partial charge in [0.25, 0.3) is 0 Å². The molecule has 1 saturated heterocycles. The Morgan fingerprint density at radius 2 is 1.86 bits per heavy atom. The molecular formula is C20H25N5O2S. The monoisotopic (exact) mass is 399 g/mol. The zero-order chi connectivity index (χ0) is 19.5. The van der Waals surface area contributed by atoms with Crippen molar-refractivity contribution in [1.82, 2.24) is 15.2 Å². The molecule has 0 spiro atoms. The van der Waals surface area contributed by atoms with Crippen LogP contribution in [0.15, 0.2) is 30.3 Å². The maximum absolute atomic E-state index is 12.5. The van der Waals surface area contributed by atoms with Crippen molar-refractivity contribution >= 4 is 34.1 Å². The summed E-state index contributed by atoms with van der Waals surface area (Å²) in [6, 6.07) is 9.39. The first kappa shape index (κ1) is 18.7. The van der Waals surface area contributed by atoms with Gasteiger partial charge in [-0.15, -0.1) is 11.3 Å². The highest BCUT2D eigenvalue weighted by Gasteiger charge is 2.25. The minimum Gasteiger partial charge on any atom is -0.368 e.